The van der Waals surface area contributed by atoms with Crippen LogP contribution in [-0.2, 0) is 6.42 Å². The molecular weight excluding hydrogens is 324 g/mol. The molecule has 0 unspecified atom stereocenters. The summed E-state index contributed by atoms with van der Waals surface area (Å²) in [6.07, 6.45) is 5.88. The van der Waals surface area contributed by atoms with Crippen molar-refractivity contribution in [3.8, 4) is 11.3 Å². The summed E-state index contributed by atoms with van der Waals surface area (Å²) in [7, 11) is 0. The molecule has 4 heterocycles. The standard InChI is InChI=1S/C17H16N4O4/c1-10-15(22)6-21(10)17(23)14-8-25-16(20-14)4-12-3-2-11(5-18-12)13-7-24-9-19-13/h2-3,5,7-10,15,22H,4,6H2,1H3/t10-,15-/m0/s1. The summed E-state index contributed by atoms with van der Waals surface area (Å²) in [6, 6.07) is 3.54. The van der Waals surface area contributed by atoms with Crippen molar-refractivity contribution in [2.45, 2.75) is 25.5 Å². The lowest BCUT2D eigenvalue weighted by Crippen LogP contribution is -2.60. The van der Waals surface area contributed by atoms with Gasteiger partial charge in [0.25, 0.3) is 5.91 Å². The average Bonchev–Trinajstić information content (AvgIpc) is 3.31. The van der Waals surface area contributed by atoms with E-state index in [9.17, 15) is 9.90 Å². The molecule has 4 rings (SSSR count). The third kappa shape index (κ3) is 2.91. The molecule has 0 bridgehead atoms. The predicted molar refractivity (Wildman–Crippen MR) is 85.5 cm³/mol. The lowest BCUT2D eigenvalue weighted by Gasteiger charge is -2.42. The summed E-state index contributed by atoms with van der Waals surface area (Å²) >= 11 is 0. The first-order valence-corrected chi connectivity index (χ1v) is 7.89. The molecule has 0 radical (unpaired) electrons. The maximum atomic E-state index is 12.3. The summed E-state index contributed by atoms with van der Waals surface area (Å²) in [5, 5.41) is 9.52. The third-order valence-corrected chi connectivity index (χ3v) is 4.35. The number of likely N-dealkylation sites (tertiary alicyclic amines) is 1. The molecule has 1 amide bonds. The van der Waals surface area contributed by atoms with E-state index in [4.69, 9.17) is 8.83 Å². The number of nitrogens with zero attached hydrogens (tertiary/aromatic N) is 4. The van der Waals surface area contributed by atoms with Crippen molar-refractivity contribution in [2.24, 2.45) is 0 Å². The number of aliphatic hydroxyl groups excluding tert-OH is 1. The van der Waals surface area contributed by atoms with E-state index < -0.39 is 6.10 Å². The van der Waals surface area contributed by atoms with Crippen LogP contribution in [0.15, 0.2) is 46.1 Å². The van der Waals surface area contributed by atoms with Gasteiger partial charge in [-0.15, -0.1) is 0 Å². The smallest absolute Gasteiger partial charge is 0.276 e. The highest BCUT2D eigenvalue weighted by Gasteiger charge is 2.38. The first-order chi connectivity index (χ1) is 12.1. The van der Waals surface area contributed by atoms with Gasteiger partial charge in [-0.05, 0) is 19.1 Å². The van der Waals surface area contributed by atoms with Crippen molar-refractivity contribution < 1.29 is 18.7 Å². The van der Waals surface area contributed by atoms with Crippen LogP contribution in [0.1, 0.15) is 29.0 Å². The van der Waals surface area contributed by atoms with Gasteiger partial charge in [-0.3, -0.25) is 9.78 Å². The summed E-state index contributed by atoms with van der Waals surface area (Å²) in [6.45, 7) is 2.13. The fraction of sp³-hybridized carbons (Fsp3) is 0.294. The zero-order valence-electron chi connectivity index (χ0n) is 13.5. The summed E-state index contributed by atoms with van der Waals surface area (Å²) in [5.41, 5.74) is 2.58. The Labute approximate surface area is 143 Å². The van der Waals surface area contributed by atoms with E-state index in [2.05, 4.69) is 15.0 Å². The maximum Gasteiger partial charge on any atom is 0.276 e. The number of oxazole rings is 2. The fourth-order valence-corrected chi connectivity index (χ4v) is 2.69. The molecule has 3 aromatic heterocycles. The molecule has 8 heteroatoms. The van der Waals surface area contributed by atoms with E-state index in [0.717, 1.165) is 11.3 Å². The second kappa shape index (κ2) is 6.14. The molecule has 128 valence electrons. The van der Waals surface area contributed by atoms with Crippen LogP contribution in [0.4, 0.5) is 0 Å². The molecule has 0 aromatic carbocycles. The minimum Gasteiger partial charge on any atom is -0.451 e. The highest BCUT2D eigenvalue weighted by Crippen LogP contribution is 2.21. The first-order valence-electron chi connectivity index (χ1n) is 7.89. The lowest BCUT2D eigenvalue weighted by molar-refractivity contribution is -0.0360. The molecule has 0 saturated carbocycles. The van der Waals surface area contributed by atoms with Crippen LogP contribution in [-0.4, -0.2) is 49.6 Å². The monoisotopic (exact) mass is 340 g/mol. The quantitative estimate of drug-likeness (QED) is 0.767. The van der Waals surface area contributed by atoms with Crippen molar-refractivity contribution in [3.05, 3.63) is 54.5 Å². The van der Waals surface area contributed by atoms with Crippen molar-refractivity contribution in [1.29, 1.82) is 0 Å². The van der Waals surface area contributed by atoms with Crippen LogP contribution >= 0.6 is 0 Å². The second-order valence-electron chi connectivity index (χ2n) is 5.98. The van der Waals surface area contributed by atoms with Gasteiger partial charge in [0, 0.05) is 24.0 Å². The Morgan fingerprint density at radius 2 is 2.24 bits per heavy atom. The van der Waals surface area contributed by atoms with Crippen LogP contribution in [0, 0.1) is 0 Å². The number of rotatable bonds is 4. The van der Waals surface area contributed by atoms with E-state index in [0.29, 0.717) is 24.6 Å². The highest BCUT2D eigenvalue weighted by molar-refractivity contribution is 5.92. The molecule has 25 heavy (non-hydrogen) atoms. The van der Waals surface area contributed by atoms with E-state index in [-0.39, 0.29) is 17.6 Å². The Balaban J connectivity index is 1.43. The SMILES string of the molecule is C[C@H]1[C@@H](O)CN1C(=O)c1coc(Cc2ccc(-c3cocn3)cn2)n1. The second-order valence-corrected chi connectivity index (χ2v) is 5.98. The number of pyridine rings is 1. The minimum atomic E-state index is -0.470. The van der Waals surface area contributed by atoms with E-state index in [1.807, 2.05) is 12.1 Å². The molecule has 1 fully saturated rings. The van der Waals surface area contributed by atoms with E-state index in [1.165, 1.54) is 12.7 Å². The van der Waals surface area contributed by atoms with Crippen LogP contribution in [0.5, 0.6) is 0 Å². The molecular formula is C17H16N4O4. The molecule has 3 aromatic rings. The Kier molecular flexibility index (Phi) is 3.81. The normalized spacial score (nSPS) is 19.7. The van der Waals surface area contributed by atoms with Gasteiger partial charge in [0.05, 0.1) is 18.6 Å². The summed E-state index contributed by atoms with van der Waals surface area (Å²) < 4.78 is 10.3. The number of amides is 1. The number of aromatic nitrogens is 3. The van der Waals surface area contributed by atoms with Crippen molar-refractivity contribution in [3.63, 3.8) is 0 Å². The zero-order valence-corrected chi connectivity index (χ0v) is 13.5. The highest BCUT2D eigenvalue weighted by atomic mass is 16.3. The maximum absolute atomic E-state index is 12.3. The largest absolute Gasteiger partial charge is 0.451 e. The average molecular weight is 340 g/mol. The first kappa shape index (κ1) is 15.5. The third-order valence-electron chi connectivity index (χ3n) is 4.35. The van der Waals surface area contributed by atoms with Gasteiger partial charge < -0.3 is 18.8 Å². The number of hydrogen-bond donors (Lipinski definition) is 1. The van der Waals surface area contributed by atoms with E-state index in [1.54, 1.807) is 24.3 Å². The lowest BCUT2D eigenvalue weighted by atomic mass is 10.0. The number of aliphatic hydroxyl groups is 1. The van der Waals surface area contributed by atoms with Crippen LogP contribution in [0.2, 0.25) is 0 Å². The number of β-amino-alcohol motifs (C(OH)–C–C–N with tert-alkyl or cyclic N) is 1. The van der Waals surface area contributed by atoms with Gasteiger partial charge in [-0.1, -0.05) is 0 Å². The molecule has 0 spiro atoms. The molecule has 1 N–H and O–H groups in total. The van der Waals surface area contributed by atoms with Crippen molar-refractivity contribution >= 4 is 5.91 Å². The zero-order chi connectivity index (χ0) is 17.4. The van der Waals surface area contributed by atoms with Gasteiger partial charge in [-0.2, -0.15) is 0 Å². The topological polar surface area (TPSA) is 105 Å². The van der Waals surface area contributed by atoms with Gasteiger partial charge in [0.15, 0.2) is 12.1 Å². The van der Waals surface area contributed by atoms with Gasteiger partial charge in [0.2, 0.25) is 5.89 Å². The Hall–Kier alpha value is -3.00. The molecule has 2 atom stereocenters. The molecule has 1 saturated heterocycles. The van der Waals surface area contributed by atoms with Gasteiger partial charge in [0.1, 0.15) is 18.2 Å². The van der Waals surface area contributed by atoms with Crippen molar-refractivity contribution in [2.75, 3.05) is 6.54 Å². The molecule has 8 nitrogen and oxygen atoms in total. The minimum absolute atomic E-state index is 0.196. The van der Waals surface area contributed by atoms with Gasteiger partial charge in [-0.25, -0.2) is 9.97 Å². The Morgan fingerprint density at radius 3 is 2.88 bits per heavy atom. The number of carbonyl (C=O) groups excluding carboxylic acids is 1. The van der Waals surface area contributed by atoms with Crippen LogP contribution in [0.3, 0.4) is 0 Å². The summed E-state index contributed by atoms with van der Waals surface area (Å²) in [4.78, 5) is 26.5. The van der Waals surface area contributed by atoms with E-state index >= 15 is 0 Å². The fourth-order valence-electron chi connectivity index (χ4n) is 2.69. The molecule has 1 aliphatic heterocycles. The molecule has 0 aliphatic carbocycles. The van der Waals surface area contributed by atoms with Crippen LogP contribution < -0.4 is 0 Å². The van der Waals surface area contributed by atoms with Crippen LogP contribution in [0.25, 0.3) is 11.3 Å². The van der Waals surface area contributed by atoms with Crippen molar-refractivity contribution in [1.82, 2.24) is 19.9 Å². The summed E-state index contributed by atoms with van der Waals surface area (Å²) in [5.74, 6) is 0.181. The Morgan fingerprint density at radius 1 is 1.36 bits per heavy atom. The number of hydrogen-bond acceptors (Lipinski definition) is 7. The number of carbonyl (C=O) groups is 1. The molecule has 1 aliphatic rings. The Bertz CT molecular complexity index is 872. The predicted octanol–water partition coefficient (Wildman–Crippen LogP) is 1.52. The van der Waals surface area contributed by atoms with Gasteiger partial charge >= 0.3 is 0 Å².